The van der Waals surface area contributed by atoms with Gasteiger partial charge in [0.1, 0.15) is 30.7 Å². The van der Waals surface area contributed by atoms with Crippen molar-refractivity contribution >= 4 is 23.7 Å². The zero-order valence-corrected chi connectivity index (χ0v) is 17.7. The highest BCUT2D eigenvalue weighted by Crippen LogP contribution is 2.42. The first-order valence-corrected chi connectivity index (χ1v) is 9.71. The smallest absolute Gasteiger partial charge is 0.337 e. The van der Waals surface area contributed by atoms with E-state index in [0.29, 0.717) is 5.57 Å². The predicted molar refractivity (Wildman–Crippen MR) is 105 cm³/mol. The van der Waals surface area contributed by atoms with Crippen LogP contribution in [0.15, 0.2) is 47.3 Å². The van der Waals surface area contributed by atoms with Gasteiger partial charge in [0, 0.05) is 18.6 Å². The predicted octanol–water partition coefficient (Wildman–Crippen LogP) is 1.07. The maximum absolute atomic E-state index is 12.8. The van der Waals surface area contributed by atoms with Gasteiger partial charge in [0.25, 0.3) is 0 Å². The van der Waals surface area contributed by atoms with Gasteiger partial charge in [-0.1, -0.05) is 12.7 Å². The average Bonchev–Trinajstić information content (AvgIpc) is 3.16. The summed E-state index contributed by atoms with van der Waals surface area (Å²) in [5, 5.41) is 11.2. The summed E-state index contributed by atoms with van der Waals surface area (Å²) in [4.78, 5) is 48.8. The number of esters is 3. The Morgan fingerprint density at radius 3 is 2.65 bits per heavy atom. The summed E-state index contributed by atoms with van der Waals surface area (Å²) in [7, 11) is 0. The molecule has 166 valence electrons. The molecular formula is C22H24O9. The van der Waals surface area contributed by atoms with Crippen molar-refractivity contribution in [2.75, 3.05) is 6.61 Å². The third kappa shape index (κ3) is 3.93. The standard InChI is InChI=1S/C22H24O9/c1-6-13(9-28-12(4)23)21(27)30-18-17-11(3)20(26)29-15(17)7-10(2)14-8-16(24)22(5,31-14)19(18)25/h6-8,15,17-19,25H,3,9H2,1-2,4-5H3. The van der Waals surface area contributed by atoms with Gasteiger partial charge >= 0.3 is 17.9 Å². The number of ketones is 1. The lowest BCUT2D eigenvalue weighted by Crippen LogP contribution is -2.56. The first-order chi connectivity index (χ1) is 14.5. The Morgan fingerprint density at radius 1 is 1.35 bits per heavy atom. The molecule has 3 rings (SSSR count). The second kappa shape index (κ2) is 8.14. The van der Waals surface area contributed by atoms with E-state index in [1.807, 2.05) is 0 Å². The van der Waals surface area contributed by atoms with E-state index in [0.717, 1.165) is 0 Å². The third-order valence-corrected chi connectivity index (χ3v) is 5.65. The molecule has 1 fully saturated rings. The van der Waals surface area contributed by atoms with Crippen LogP contribution in [0.25, 0.3) is 0 Å². The van der Waals surface area contributed by atoms with Crippen LogP contribution < -0.4 is 0 Å². The zero-order chi connectivity index (χ0) is 23.1. The van der Waals surface area contributed by atoms with Crippen molar-refractivity contribution in [1.29, 1.82) is 0 Å². The molecule has 31 heavy (non-hydrogen) atoms. The van der Waals surface area contributed by atoms with Crippen molar-refractivity contribution in [2.45, 2.75) is 51.6 Å². The van der Waals surface area contributed by atoms with E-state index in [1.54, 1.807) is 19.9 Å². The van der Waals surface area contributed by atoms with Crippen LogP contribution in [-0.2, 0) is 38.1 Å². The molecule has 1 saturated heterocycles. The maximum Gasteiger partial charge on any atom is 0.337 e. The van der Waals surface area contributed by atoms with E-state index in [1.165, 1.54) is 26.0 Å². The van der Waals surface area contributed by atoms with Crippen molar-refractivity contribution in [3.63, 3.8) is 0 Å². The summed E-state index contributed by atoms with van der Waals surface area (Å²) in [6, 6.07) is 0. The Kier molecular flexibility index (Phi) is 5.91. The summed E-state index contributed by atoms with van der Waals surface area (Å²) >= 11 is 0. The molecule has 0 aromatic rings. The van der Waals surface area contributed by atoms with Crippen LogP contribution in [0.2, 0.25) is 0 Å². The van der Waals surface area contributed by atoms with E-state index >= 15 is 0 Å². The first-order valence-electron chi connectivity index (χ1n) is 9.71. The van der Waals surface area contributed by atoms with E-state index in [2.05, 4.69) is 6.58 Å². The molecule has 9 heteroatoms. The lowest BCUT2D eigenvalue weighted by molar-refractivity contribution is -0.176. The van der Waals surface area contributed by atoms with Gasteiger partial charge in [0.05, 0.1) is 11.5 Å². The molecule has 3 aliphatic heterocycles. The Balaban J connectivity index is 2.02. The molecule has 0 radical (unpaired) electrons. The number of rotatable bonds is 4. The second-order valence-electron chi connectivity index (χ2n) is 7.76. The summed E-state index contributed by atoms with van der Waals surface area (Å²) in [6.45, 7) is 9.20. The number of ether oxygens (including phenoxy) is 4. The van der Waals surface area contributed by atoms with Crippen molar-refractivity contribution < 1.29 is 43.2 Å². The fourth-order valence-electron chi connectivity index (χ4n) is 3.72. The van der Waals surface area contributed by atoms with Crippen molar-refractivity contribution in [2.24, 2.45) is 5.92 Å². The van der Waals surface area contributed by atoms with Gasteiger partial charge < -0.3 is 24.1 Å². The van der Waals surface area contributed by atoms with Gasteiger partial charge in [-0.05, 0) is 32.4 Å². The highest BCUT2D eigenvalue weighted by atomic mass is 16.6. The number of carbonyl (C=O) groups excluding carboxylic acids is 4. The Morgan fingerprint density at radius 2 is 2.03 bits per heavy atom. The van der Waals surface area contributed by atoms with Gasteiger partial charge in [0.2, 0.25) is 5.78 Å². The monoisotopic (exact) mass is 432 g/mol. The molecule has 5 unspecified atom stereocenters. The number of carbonyl (C=O) groups is 4. The summed E-state index contributed by atoms with van der Waals surface area (Å²) in [6.07, 6.45) is 0.267. The minimum absolute atomic E-state index is 0.00397. The Labute approximate surface area is 179 Å². The minimum Gasteiger partial charge on any atom is -0.476 e. The Hall–Kier alpha value is -3.20. The number of fused-ring (bicyclic) bond motifs is 3. The number of allylic oxidation sites excluding steroid dienone is 2. The first kappa shape index (κ1) is 22.5. The molecule has 5 atom stereocenters. The quantitative estimate of drug-likeness (QED) is 0.394. The van der Waals surface area contributed by atoms with Gasteiger partial charge in [-0.2, -0.15) is 0 Å². The summed E-state index contributed by atoms with van der Waals surface area (Å²) in [5.41, 5.74) is -1.21. The van der Waals surface area contributed by atoms with Gasteiger partial charge in [-0.15, -0.1) is 0 Å². The molecule has 3 heterocycles. The normalized spacial score (nSPS) is 32.5. The lowest BCUT2D eigenvalue weighted by atomic mass is 9.80. The minimum atomic E-state index is -1.75. The maximum atomic E-state index is 12.8. The van der Waals surface area contributed by atoms with Crippen LogP contribution in [0.3, 0.4) is 0 Å². The topological polar surface area (TPSA) is 125 Å². The van der Waals surface area contributed by atoms with Crippen molar-refractivity contribution in [3.8, 4) is 0 Å². The highest BCUT2D eigenvalue weighted by molar-refractivity contribution is 6.01. The van der Waals surface area contributed by atoms with Crippen LogP contribution >= 0.6 is 0 Å². The molecule has 0 aliphatic carbocycles. The van der Waals surface area contributed by atoms with E-state index in [9.17, 15) is 24.3 Å². The van der Waals surface area contributed by atoms with E-state index < -0.39 is 53.5 Å². The SMILES string of the molecule is C=C1C(=O)OC2C=C(C)C3=CC(=O)C(C)(O3)C(O)C(OC(=O)C(=CC)COC(C)=O)C12. The molecular weight excluding hydrogens is 408 g/mol. The average molecular weight is 432 g/mol. The van der Waals surface area contributed by atoms with Crippen LogP contribution in [0, 0.1) is 5.92 Å². The molecule has 0 spiro atoms. The van der Waals surface area contributed by atoms with Gasteiger partial charge in [-0.3, -0.25) is 9.59 Å². The molecule has 1 N–H and O–H groups in total. The summed E-state index contributed by atoms with van der Waals surface area (Å²) < 4.78 is 21.6. The largest absolute Gasteiger partial charge is 0.476 e. The molecule has 9 nitrogen and oxygen atoms in total. The molecule has 0 saturated carbocycles. The van der Waals surface area contributed by atoms with E-state index in [4.69, 9.17) is 18.9 Å². The molecule has 3 aliphatic rings. The molecule has 0 aromatic heterocycles. The van der Waals surface area contributed by atoms with Crippen LogP contribution in [0.5, 0.6) is 0 Å². The number of hydrogen-bond acceptors (Lipinski definition) is 9. The molecule has 0 aromatic carbocycles. The molecule has 0 amide bonds. The second-order valence-corrected chi connectivity index (χ2v) is 7.76. The zero-order valence-electron chi connectivity index (χ0n) is 17.7. The van der Waals surface area contributed by atoms with Crippen LogP contribution in [-0.4, -0.2) is 59.3 Å². The third-order valence-electron chi connectivity index (χ3n) is 5.65. The fraction of sp³-hybridized carbons (Fsp3) is 0.455. The van der Waals surface area contributed by atoms with E-state index in [-0.39, 0.29) is 23.5 Å². The van der Waals surface area contributed by atoms with Crippen LogP contribution in [0.4, 0.5) is 0 Å². The number of aliphatic hydroxyl groups is 1. The Bertz CT molecular complexity index is 954. The number of hydrogen-bond donors (Lipinski definition) is 1. The van der Waals surface area contributed by atoms with Crippen molar-refractivity contribution in [1.82, 2.24) is 0 Å². The highest BCUT2D eigenvalue weighted by Gasteiger charge is 2.57. The van der Waals surface area contributed by atoms with Crippen LogP contribution in [0.1, 0.15) is 27.7 Å². The lowest BCUT2D eigenvalue weighted by Gasteiger charge is -2.36. The van der Waals surface area contributed by atoms with Gasteiger partial charge in [-0.25, -0.2) is 9.59 Å². The molecule has 2 bridgehead atoms. The summed E-state index contributed by atoms with van der Waals surface area (Å²) in [5.74, 6) is -3.41. The fourth-order valence-corrected chi connectivity index (χ4v) is 3.72. The van der Waals surface area contributed by atoms with Crippen molar-refractivity contribution in [3.05, 3.63) is 47.3 Å². The van der Waals surface area contributed by atoms with Gasteiger partial charge in [0.15, 0.2) is 5.60 Å². The number of aliphatic hydroxyl groups excluding tert-OH is 1.